The molecular formula is C14H26N4O7S. The molecule has 0 aliphatic rings. The molecule has 0 radical (unpaired) electrons. The molecular weight excluding hydrogens is 368 g/mol. The van der Waals surface area contributed by atoms with E-state index in [1.165, 1.54) is 18.7 Å². The van der Waals surface area contributed by atoms with Gasteiger partial charge in [-0.3, -0.25) is 14.4 Å². The van der Waals surface area contributed by atoms with Crippen molar-refractivity contribution in [2.45, 2.75) is 37.6 Å². The van der Waals surface area contributed by atoms with E-state index in [1.54, 1.807) is 0 Å². The molecule has 8 N–H and O–H groups in total. The van der Waals surface area contributed by atoms with E-state index in [9.17, 15) is 24.3 Å². The maximum absolute atomic E-state index is 12.0. The average Bonchev–Trinajstić information content (AvgIpc) is 2.58. The minimum absolute atomic E-state index is 0.436. The Morgan fingerprint density at radius 1 is 1.15 bits per heavy atom. The van der Waals surface area contributed by atoms with Gasteiger partial charge in [0.1, 0.15) is 12.1 Å². The van der Waals surface area contributed by atoms with Gasteiger partial charge in [-0.1, -0.05) is 0 Å². The Hall–Kier alpha value is -1.89. The van der Waals surface area contributed by atoms with Crippen LogP contribution in [0.3, 0.4) is 0 Å². The molecule has 4 unspecified atom stereocenters. The van der Waals surface area contributed by atoms with E-state index < -0.39 is 61.1 Å². The summed E-state index contributed by atoms with van der Waals surface area (Å²) in [5.41, 5.74) is 5.65. The van der Waals surface area contributed by atoms with Gasteiger partial charge in [-0.2, -0.15) is 11.8 Å². The summed E-state index contributed by atoms with van der Waals surface area (Å²) in [4.78, 5) is 46.4. The molecule has 0 saturated heterocycles. The monoisotopic (exact) mass is 394 g/mol. The van der Waals surface area contributed by atoms with Crippen LogP contribution in [0.4, 0.5) is 0 Å². The Labute approximate surface area is 155 Å². The molecule has 150 valence electrons. The van der Waals surface area contributed by atoms with Gasteiger partial charge in [-0.05, 0) is 25.4 Å². The van der Waals surface area contributed by atoms with Crippen molar-refractivity contribution in [1.29, 1.82) is 0 Å². The Morgan fingerprint density at radius 2 is 1.77 bits per heavy atom. The van der Waals surface area contributed by atoms with Crippen molar-refractivity contribution in [3.05, 3.63) is 0 Å². The minimum Gasteiger partial charge on any atom is -0.480 e. The van der Waals surface area contributed by atoms with E-state index in [2.05, 4.69) is 10.6 Å². The number of nitrogens with two attached hydrogens (primary N) is 1. The summed E-state index contributed by atoms with van der Waals surface area (Å²) in [5, 5.41) is 33.8. The molecule has 26 heavy (non-hydrogen) atoms. The number of hydrogen-bond acceptors (Lipinski definition) is 8. The number of amides is 3. The molecule has 0 fully saturated rings. The molecule has 0 rings (SSSR count). The number of nitrogens with one attached hydrogen (secondary N) is 3. The second-order valence-corrected chi connectivity index (χ2v) is 6.46. The van der Waals surface area contributed by atoms with Crippen LogP contribution in [0.15, 0.2) is 0 Å². The Balaban J connectivity index is 4.61. The van der Waals surface area contributed by atoms with E-state index in [-0.39, 0.29) is 0 Å². The van der Waals surface area contributed by atoms with E-state index in [4.69, 9.17) is 15.9 Å². The molecule has 11 nitrogen and oxygen atoms in total. The molecule has 3 amide bonds. The molecule has 0 aromatic heterocycles. The van der Waals surface area contributed by atoms with Crippen LogP contribution in [0, 0.1) is 0 Å². The Bertz CT molecular complexity index is 504. The topological polar surface area (TPSA) is 191 Å². The van der Waals surface area contributed by atoms with Crippen molar-refractivity contribution < 1.29 is 34.5 Å². The zero-order valence-electron chi connectivity index (χ0n) is 14.6. The predicted molar refractivity (Wildman–Crippen MR) is 94.2 cm³/mol. The van der Waals surface area contributed by atoms with Crippen LogP contribution in [0.2, 0.25) is 0 Å². The number of aliphatic carboxylic acids is 1. The number of rotatable bonds is 12. The fraction of sp³-hybridized carbons (Fsp3) is 0.714. The van der Waals surface area contributed by atoms with E-state index >= 15 is 0 Å². The van der Waals surface area contributed by atoms with Gasteiger partial charge in [-0.15, -0.1) is 0 Å². The highest BCUT2D eigenvalue weighted by molar-refractivity contribution is 7.98. The Kier molecular flexibility index (Phi) is 11.6. The van der Waals surface area contributed by atoms with Crippen LogP contribution < -0.4 is 21.7 Å². The summed E-state index contributed by atoms with van der Waals surface area (Å²) in [6.07, 6.45) is 0.961. The zero-order valence-corrected chi connectivity index (χ0v) is 15.4. The summed E-state index contributed by atoms with van der Waals surface area (Å²) in [5.74, 6) is -3.08. The van der Waals surface area contributed by atoms with Crippen molar-refractivity contribution >= 4 is 35.5 Å². The fourth-order valence-electron chi connectivity index (χ4n) is 1.75. The lowest BCUT2D eigenvalue weighted by Gasteiger charge is -2.23. The first-order chi connectivity index (χ1) is 12.1. The minimum atomic E-state index is -1.57. The number of carboxylic acid groups (broad SMARTS) is 1. The van der Waals surface area contributed by atoms with Gasteiger partial charge in [0.2, 0.25) is 17.7 Å². The molecule has 0 aliphatic heterocycles. The number of thioether (sulfide) groups is 1. The van der Waals surface area contributed by atoms with E-state index in [0.717, 1.165) is 0 Å². The SMILES string of the molecule is CSCCC(N)C(=O)NCC(=O)NC(C(=O)NC(CO)C(=O)O)C(C)O. The maximum Gasteiger partial charge on any atom is 0.328 e. The third kappa shape index (κ3) is 8.99. The van der Waals surface area contributed by atoms with Crippen LogP contribution in [0.25, 0.3) is 0 Å². The molecule has 0 heterocycles. The highest BCUT2D eigenvalue weighted by atomic mass is 32.2. The first-order valence-corrected chi connectivity index (χ1v) is 9.17. The molecule has 0 spiro atoms. The zero-order chi connectivity index (χ0) is 20.3. The van der Waals surface area contributed by atoms with Crippen molar-refractivity contribution in [3.8, 4) is 0 Å². The number of carbonyl (C=O) groups is 4. The largest absolute Gasteiger partial charge is 0.480 e. The maximum atomic E-state index is 12.0. The molecule has 0 bridgehead atoms. The van der Waals surface area contributed by atoms with Crippen LogP contribution >= 0.6 is 11.8 Å². The van der Waals surface area contributed by atoms with Crippen molar-refractivity contribution in [2.24, 2.45) is 5.73 Å². The van der Waals surface area contributed by atoms with Gasteiger partial charge in [0.15, 0.2) is 0 Å². The molecule has 0 aliphatic carbocycles. The lowest BCUT2D eigenvalue weighted by Crippen LogP contribution is -2.57. The molecule has 4 atom stereocenters. The second-order valence-electron chi connectivity index (χ2n) is 5.47. The smallest absolute Gasteiger partial charge is 0.328 e. The van der Waals surface area contributed by atoms with Crippen LogP contribution in [-0.4, -0.2) is 88.4 Å². The van der Waals surface area contributed by atoms with E-state index in [0.29, 0.717) is 12.2 Å². The fourth-order valence-corrected chi connectivity index (χ4v) is 2.24. The summed E-state index contributed by atoms with van der Waals surface area (Å²) in [7, 11) is 0. The van der Waals surface area contributed by atoms with Crippen LogP contribution in [0.5, 0.6) is 0 Å². The summed E-state index contributed by atoms with van der Waals surface area (Å²) < 4.78 is 0. The lowest BCUT2D eigenvalue weighted by atomic mass is 10.1. The molecule has 0 aromatic carbocycles. The normalized spacial score (nSPS) is 15.3. The van der Waals surface area contributed by atoms with E-state index in [1.807, 2.05) is 11.6 Å². The molecule has 0 saturated carbocycles. The number of carbonyl (C=O) groups excluding carboxylic acids is 3. The van der Waals surface area contributed by atoms with Gasteiger partial charge < -0.3 is 37.0 Å². The number of hydrogen-bond donors (Lipinski definition) is 7. The molecule has 12 heteroatoms. The van der Waals surface area contributed by atoms with Crippen LogP contribution in [-0.2, 0) is 19.2 Å². The molecule has 0 aromatic rings. The van der Waals surface area contributed by atoms with Gasteiger partial charge in [0, 0.05) is 0 Å². The third-order valence-electron chi connectivity index (χ3n) is 3.27. The first kappa shape index (κ1) is 24.1. The first-order valence-electron chi connectivity index (χ1n) is 7.77. The predicted octanol–water partition coefficient (Wildman–Crippen LogP) is -3.39. The van der Waals surface area contributed by atoms with Gasteiger partial charge in [0.25, 0.3) is 0 Å². The quantitative estimate of drug-likeness (QED) is 0.177. The third-order valence-corrected chi connectivity index (χ3v) is 3.92. The second kappa shape index (κ2) is 12.5. The number of aliphatic hydroxyl groups is 2. The number of aliphatic hydroxyl groups excluding tert-OH is 2. The van der Waals surface area contributed by atoms with Crippen molar-refractivity contribution in [3.63, 3.8) is 0 Å². The highest BCUT2D eigenvalue weighted by Crippen LogP contribution is 1.99. The van der Waals surface area contributed by atoms with Crippen LogP contribution in [0.1, 0.15) is 13.3 Å². The van der Waals surface area contributed by atoms with Crippen molar-refractivity contribution in [2.75, 3.05) is 25.2 Å². The lowest BCUT2D eigenvalue weighted by molar-refractivity contribution is -0.144. The number of carboxylic acids is 1. The summed E-state index contributed by atoms with van der Waals surface area (Å²) in [6, 6.07) is -3.81. The van der Waals surface area contributed by atoms with Crippen molar-refractivity contribution in [1.82, 2.24) is 16.0 Å². The van der Waals surface area contributed by atoms with Gasteiger partial charge in [-0.25, -0.2) is 4.79 Å². The standard InChI is InChI=1S/C14H26N4O7S/c1-7(20)11(13(23)17-9(6-19)14(24)25)18-10(21)5-16-12(22)8(15)3-4-26-2/h7-9,11,19-20H,3-6,15H2,1-2H3,(H,16,22)(H,17,23)(H,18,21)(H,24,25). The van der Waals surface area contributed by atoms with Gasteiger partial charge in [0.05, 0.1) is 25.3 Å². The Morgan fingerprint density at radius 3 is 2.23 bits per heavy atom. The highest BCUT2D eigenvalue weighted by Gasteiger charge is 2.29. The van der Waals surface area contributed by atoms with Gasteiger partial charge >= 0.3 is 5.97 Å². The summed E-state index contributed by atoms with van der Waals surface area (Å²) >= 11 is 1.52. The summed E-state index contributed by atoms with van der Waals surface area (Å²) in [6.45, 7) is -0.105. The average molecular weight is 394 g/mol.